The minimum Gasteiger partial charge on any atom is -0.326 e. The molecule has 94 valence electrons. The topological polar surface area (TPSA) is 32.5 Å². The van der Waals surface area contributed by atoms with Crippen molar-refractivity contribution in [2.75, 3.05) is 32.7 Å². The van der Waals surface area contributed by atoms with Crippen LogP contribution in [0.25, 0.3) is 0 Å². The van der Waals surface area contributed by atoms with E-state index >= 15 is 0 Å². The Kier molecular flexibility index (Phi) is 3.88. The fourth-order valence-electron chi connectivity index (χ4n) is 2.55. The Morgan fingerprint density at radius 1 is 1.12 bits per heavy atom. The van der Waals surface area contributed by atoms with E-state index in [1.165, 1.54) is 52.0 Å². The average Bonchev–Trinajstić information content (AvgIpc) is 3.00. The molecule has 0 amide bonds. The number of rotatable bonds is 5. The molecule has 1 heterocycles. The molecule has 0 radical (unpaired) electrons. The van der Waals surface area contributed by atoms with Crippen LogP contribution >= 0.6 is 0 Å². The summed E-state index contributed by atoms with van der Waals surface area (Å²) in [5.74, 6) is 0. The number of nitrogens with two attached hydrogens (primary N) is 1. The first-order chi connectivity index (χ1) is 7.54. The van der Waals surface area contributed by atoms with Gasteiger partial charge in [-0.05, 0) is 46.1 Å². The van der Waals surface area contributed by atoms with Crippen molar-refractivity contribution in [3.8, 4) is 0 Å². The van der Waals surface area contributed by atoms with Gasteiger partial charge in [0.1, 0.15) is 0 Å². The van der Waals surface area contributed by atoms with Gasteiger partial charge in [-0.25, -0.2) is 0 Å². The van der Waals surface area contributed by atoms with E-state index in [4.69, 9.17) is 5.73 Å². The molecule has 0 bridgehead atoms. The quantitative estimate of drug-likeness (QED) is 0.765. The minimum absolute atomic E-state index is 0.00976. The summed E-state index contributed by atoms with van der Waals surface area (Å²) in [4.78, 5) is 5.27. The van der Waals surface area contributed by atoms with Gasteiger partial charge in [-0.2, -0.15) is 0 Å². The third-order valence-electron chi connectivity index (χ3n) is 3.77. The standard InChI is InChI=1S/C13H27N3/c1-13(2,14)6-3-7-15-8-10-16(11-9-15)12-4-5-12/h12H,3-11,14H2,1-2H3. The molecule has 3 heteroatoms. The lowest BCUT2D eigenvalue weighted by atomic mass is 10.00. The van der Waals surface area contributed by atoms with Gasteiger partial charge in [0.05, 0.1) is 0 Å². The zero-order chi connectivity index (χ0) is 11.6. The highest BCUT2D eigenvalue weighted by molar-refractivity contribution is 4.87. The lowest BCUT2D eigenvalue weighted by Crippen LogP contribution is -2.47. The first kappa shape index (κ1) is 12.3. The van der Waals surface area contributed by atoms with Crippen LogP contribution in [0.3, 0.4) is 0 Å². The van der Waals surface area contributed by atoms with Gasteiger partial charge in [0, 0.05) is 37.8 Å². The van der Waals surface area contributed by atoms with E-state index in [9.17, 15) is 0 Å². The van der Waals surface area contributed by atoms with Crippen molar-refractivity contribution in [3.63, 3.8) is 0 Å². The predicted molar refractivity (Wildman–Crippen MR) is 68.5 cm³/mol. The van der Waals surface area contributed by atoms with Crippen LogP contribution in [0.5, 0.6) is 0 Å². The van der Waals surface area contributed by atoms with E-state index in [0.717, 1.165) is 12.5 Å². The van der Waals surface area contributed by atoms with Crippen LogP contribution in [0.4, 0.5) is 0 Å². The molecule has 1 aliphatic heterocycles. The highest BCUT2D eigenvalue weighted by atomic mass is 15.3. The summed E-state index contributed by atoms with van der Waals surface area (Å²) in [5.41, 5.74) is 6.00. The second kappa shape index (κ2) is 5.03. The number of nitrogens with zero attached hydrogens (tertiary/aromatic N) is 2. The third-order valence-corrected chi connectivity index (χ3v) is 3.77. The second-order valence-corrected chi connectivity index (χ2v) is 6.20. The molecule has 2 rings (SSSR count). The van der Waals surface area contributed by atoms with E-state index in [2.05, 4.69) is 23.6 Å². The lowest BCUT2D eigenvalue weighted by molar-refractivity contribution is 0.123. The summed E-state index contributed by atoms with van der Waals surface area (Å²) in [6.45, 7) is 10.6. The smallest absolute Gasteiger partial charge is 0.0113 e. The zero-order valence-corrected chi connectivity index (χ0v) is 10.9. The Morgan fingerprint density at radius 2 is 1.75 bits per heavy atom. The molecule has 0 aromatic heterocycles. The van der Waals surface area contributed by atoms with E-state index in [0.29, 0.717) is 0 Å². The monoisotopic (exact) mass is 225 g/mol. The maximum atomic E-state index is 5.99. The second-order valence-electron chi connectivity index (χ2n) is 6.20. The summed E-state index contributed by atoms with van der Waals surface area (Å²) in [6.07, 6.45) is 5.27. The molecule has 16 heavy (non-hydrogen) atoms. The summed E-state index contributed by atoms with van der Waals surface area (Å²) in [5, 5.41) is 0. The molecule has 0 atom stereocenters. The van der Waals surface area contributed by atoms with Gasteiger partial charge < -0.3 is 10.6 Å². The molecule has 2 aliphatic rings. The Morgan fingerprint density at radius 3 is 2.25 bits per heavy atom. The highest BCUT2D eigenvalue weighted by Gasteiger charge is 2.30. The van der Waals surface area contributed by atoms with Crippen LogP contribution in [0.15, 0.2) is 0 Å². The van der Waals surface area contributed by atoms with Gasteiger partial charge in [0.2, 0.25) is 0 Å². The van der Waals surface area contributed by atoms with Crippen molar-refractivity contribution in [1.82, 2.24) is 9.80 Å². The lowest BCUT2D eigenvalue weighted by Gasteiger charge is -2.35. The third kappa shape index (κ3) is 4.04. The van der Waals surface area contributed by atoms with E-state index in [1.54, 1.807) is 0 Å². The van der Waals surface area contributed by atoms with Gasteiger partial charge in [-0.1, -0.05) is 0 Å². The maximum absolute atomic E-state index is 5.99. The van der Waals surface area contributed by atoms with Crippen LogP contribution < -0.4 is 5.73 Å². The van der Waals surface area contributed by atoms with E-state index < -0.39 is 0 Å². The fraction of sp³-hybridized carbons (Fsp3) is 1.00. The molecular formula is C13H27N3. The Bertz CT molecular complexity index is 210. The molecule has 2 fully saturated rings. The van der Waals surface area contributed by atoms with Crippen LogP contribution in [-0.4, -0.2) is 54.1 Å². The molecular weight excluding hydrogens is 198 g/mol. The first-order valence-corrected chi connectivity index (χ1v) is 6.80. The van der Waals surface area contributed by atoms with Crippen LogP contribution in [0.1, 0.15) is 39.5 Å². The van der Waals surface area contributed by atoms with Crippen molar-refractivity contribution >= 4 is 0 Å². The van der Waals surface area contributed by atoms with Crippen molar-refractivity contribution in [2.24, 2.45) is 5.73 Å². The molecule has 0 aromatic rings. The van der Waals surface area contributed by atoms with E-state index in [-0.39, 0.29) is 5.54 Å². The number of hydrogen-bond donors (Lipinski definition) is 1. The van der Waals surface area contributed by atoms with Gasteiger partial charge in [-0.3, -0.25) is 4.90 Å². The molecule has 3 nitrogen and oxygen atoms in total. The Balaban J connectivity index is 1.58. The first-order valence-electron chi connectivity index (χ1n) is 6.80. The molecule has 2 N–H and O–H groups in total. The predicted octanol–water partition coefficient (Wildman–Crippen LogP) is 1.28. The number of piperazine rings is 1. The summed E-state index contributed by atoms with van der Waals surface area (Å²) < 4.78 is 0. The summed E-state index contributed by atoms with van der Waals surface area (Å²) in [7, 11) is 0. The van der Waals surface area contributed by atoms with Gasteiger partial charge in [0.25, 0.3) is 0 Å². The van der Waals surface area contributed by atoms with Gasteiger partial charge in [0.15, 0.2) is 0 Å². The van der Waals surface area contributed by atoms with Gasteiger partial charge in [-0.15, -0.1) is 0 Å². The molecule has 1 aliphatic carbocycles. The minimum atomic E-state index is 0.00976. The van der Waals surface area contributed by atoms with Crippen LogP contribution in [-0.2, 0) is 0 Å². The van der Waals surface area contributed by atoms with E-state index in [1.807, 2.05) is 0 Å². The SMILES string of the molecule is CC(C)(N)CCCN1CCN(C2CC2)CC1. The molecule has 0 aromatic carbocycles. The largest absolute Gasteiger partial charge is 0.326 e. The van der Waals surface area contributed by atoms with Crippen molar-refractivity contribution in [3.05, 3.63) is 0 Å². The average molecular weight is 225 g/mol. The van der Waals surface area contributed by atoms with Crippen molar-refractivity contribution < 1.29 is 0 Å². The zero-order valence-electron chi connectivity index (χ0n) is 10.9. The maximum Gasteiger partial charge on any atom is 0.0113 e. The highest BCUT2D eigenvalue weighted by Crippen LogP contribution is 2.27. The van der Waals surface area contributed by atoms with Crippen LogP contribution in [0, 0.1) is 0 Å². The molecule has 0 unspecified atom stereocenters. The van der Waals surface area contributed by atoms with Gasteiger partial charge >= 0.3 is 0 Å². The van der Waals surface area contributed by atoms with Crippen LogP contribution in [0.2, 0.25) is 0 Å². The summed E-state index contributed by atoms with van der Waals surface area (Å²) in [6, 6.07) is 0.949. The summed E-state index contributed by atoms with van der Waals surface area (Å²) >= 11 is 0. The Hall–Kier alpha value is -0.120. The molecule has 1 saturated heterocycles. The normalized spacial score (nSPS) is 24.9. The molecule has 1 saturated carbocycles. The Labute approximate surface area is 100.0 Å². The van der Waals surface area contributed by atoms with Crippen molar-refractivity contribution in [1.29, 1.82) is 0 Å². The number of hydrogen-bond acceptors (Lipinski definition) is 3. The van der Waals surface area contributed by atoms with Crippen molar-refractivity contribution in [2.45, 2.75) is 51.1 Å². The molecule has 0 spiro atoms. The fourth-order valence-corrected chi connectivity index (χ4v) is 2.55.